The van der Waals surface area contributed by atoms with Gasteiger partial charge < -0.3 is 9.47 Å². The van der Waals surface area contributed by atoms with E-state index in [1.807, 2.05) is 0 Å². The number of imidazole rings is 1. The zero-order valence-corrected chi connectivity index (χ0v) is 11.3. The predicted octanol–water partition coefficient (Wildman–Crippen LogP) is 1.47. The predicted molar refractivity (Wildman–Crippen MR) is 65.7 cm³/mol. The lowest BCUT2D eigenvalue weighted by Crippen LogP contribution is -2.19. The molecule has 96 valence electrons. The fraction of sp³-hybridized carbons (Fsp3) is 0.700. The van der Waals surface area contributed by atoms with Gasteiger partial charge in [0.1, 0.15) is 0 Å². The van der Waals surface area contributed by atoms with Crippen molar-refractivity contribution in [1.82, 2.24) is 14.5 Å². The van der Waals surface area contributed by atoms with E-state index in [-0.39, 0.29) is 11.1 Å². The first-order chi connectivity index (χ1) is 7.98. The summed E-state index contributed by atoms with van der Waals surface area (Å²) in [6.07, 6.45) is 5.82. The number of halogens is 1. The first-order valence-corrected chi connectivity index (χ1v) is 7.94. The molecule has 1 aromatic rings. The van der Waals surface area contributed by atoms with Crippen LogP contribution in [0.25, 0.3) is 0 Å². The van der Waals surface area contributed by atoms with Gasteiger partial charge in [-0.15, -0.1) is 0 Å². The van der Waals surface area contributed by atoms with Crippen LogP contribution >= 0.6 is 10.7 Å². The van der Waals surface area contributed by atoms with E-state index in [2.05, 4.69) is 16.9 Å². The first-order valence-electron chi connectivity index (χ1n) is 5.63. The maximum atomic E-state index is 11.4. The molecule has 2 rings (SSSR count). The average Bonchev–Trinajstić information content (AvgIpc) is 2.63. The summed E-state index contributed by atoms with van der Waals surface area (Å²) in [5.74, 6) is 0. The molecule has 1 aliphatic rings. The fourth-order valence-corrected chi connectivity index (χ4v) is 3.25. The van der Waals surface area contributed by atoms with Gasteiger partial charge in [0.2, 0.25) is 0 Å². The summed E-state index contributed by atoms with van der Waals surface area (Å²) >= 11 is 0. The highest BCUT2D eigenvalue weighted by molar-refractivity contribution is 8.13. The van der Waals surface area contributed by atoms with E-state index in [1.54, 1.807) is 10.9 Å². The van der Waals surface area contributed by atoms with Crippen molar-refractivity contribution < 1.29 is 8.42 Å². The van der Waals surface area contributed by atoms with Gasteiger partial charge >= 0.3 is 0 Å². The lowest BCUT2D eigenvalue weighted by Gasteiger charge is -2.18. The Labute approximate surface area is 106 Å². The van der Waals surface area contributed by atoms with Gasteiger partial charge in [-0.3, -0.25) is 0 Å². The SMILES string of the molecule is CN1CCCC(n2cncc2S(=O)(=O)Cl)CC1. The molecule has 1 unspecified atom stereocenters. The summed E-state index contributed by atoms with van der Waals surface area (Å²) < 4.78 is 24.5. The van der Waals surface area contributed by atoms with Gasteiger partial charge in [0.15, 0.2) is 5.03 Å². The van der Waals surface area contributed by atoms with Crippen molar-refractivity contribution in [2.45, 2.75) is 30.3 Å². The third-order valence-electron chi connectivity index (χ3n) is 3.19. The van der Waals surface area contributed by atoms with E-state index < -0.39 is 9.05 Å². The van der Waals surface area contributed by atoms with Crippen LogP contribution in [0, 0.1) is 0 Å². The lowest BCUT2D eigenvalue weighted by atomic mass is 10.1. The molecule has 1 aliphatic heterocycles. The van der Waals surface area contributed by atoms with E-state index in [9.17, 15) is 8.42 Å². The third-order valence-corrected chi connectivity index (χ3v) is 4.49. The fourth-order valence-electron chi connectivity index (χ4n) is 2.26. The molecule has 0 saturated carbocycles. The molecule has 0 bridgehead atoms. The summed E-state index contributed by atoms with van der Waals surface area (Å²) in [5, 5.41) is 0.105. The van der Waals surface area contributed by atoms with Crippen molar-refractivity contribution in [2.24, 2.45) is 0 Å². The van der Waals surface area contributed by atoms with Crippen LogP contribution in [0.3, 0.4) is 0 Å². The molecule has 0 aliphatic carbocycles. The Hall–Kier alpha value is -0.590. The Kier molecular flexibility index (Phi) is 3.75. The standard InChI is InChI=1S/C10H16ClN3O2S/c1-13-5-2-3-9(4-6-13)14-8-12-7-10(14)17(11,15)16/h7-9H,2-6H2,1H3. The molecule has 0 spiro atoms. The monoisotopic (exact) mass is 277 g/mol. The van der Waals surface area contributed by atoms with E-state index in [0.29, 0.717) is 0 Å². The molecule has 7 heteroatoms. The van der Waals surface area contributed by atoms with Gasteiger partial charge in [0, 0.05) is 16.7 Å². The maximum absolute atomic E-state index is 11.4. The van der Waals surface area contributed by atoms with Crippen molar-refractivity contribution >= 4 is 19.7 Å². The molecule has 0 N–H and O–H groups in total. The van der Waals surface area contributed by atoms with E-state index in [0.717, 1.165) is 32.4 Å². The zero-order valence-electron chi connectivity index (χ0n) is 9.71. The maximum Gasteiger partial charge on any atom is 0.278 e. The lowest BCUT2D eigenvalue weighted by molar-refractivity contribution is 0.338. The Morgan fingerprint density at radius 2 is 2.18 bits per heavy atom. The number of hydrogen-bond acceptors (Lipinski definition) is 4. The number of likely N-dealkylation sites (tertiary alicyclic amines) is 1. The van der Waals surface area contributed by atoms with E-state index in [4.69, 9.17) is 10.7 Å². The Bertz CT molecular complexity index is 485. The molecule has 1 saturated heterocycles. The highest BCUT2D eigenvalue weighted by Crippen LogP contribution is 2.26. The summed E-state index contributed by atoms with van der Waals surface area (Å²) in [6.45, 7) is 2.01. The molecular weight excluding hydrogens is 262 g/mol. The van der Waals surface area contributed by atoms with Crippen molar-refractivity contribution in [3.8, 4) is 0 Å². The van der Waals surface area contributed by atoms with Crippen LogP contribution in [0.2, 0.25) is 0 Å². The molecule has 5 nitrogen and oxygen atoms in total. The Balaban J connectivity index is 2.25. The largest absolute Gasteiger partial charge is 0.318 e. The molecule has 1 atom stereocenters. The average molecular weight is 278 g/mol. The van der Waals surface area contributed by atoms with Gasteiger partial charge in [-0.2, -0.15) is 0 Å². The second-order valence-electron chi connectivity index (χ2n) is 4.46. The zero-order chi connectivity index (χ0) is 12.5. The topological polar surface area (TPSA) is 55.2 Å². The molecule has 0 radical (unpaired) electrons. The minimum atomic E-state index is -3.71. The smallest absolute Gasteiger partial charge is 0.278 e. The second-order valence-corrected chi connectivity index (χ2v) is 6.98. The third kappa shape index (κ3) is 3.00. The molecule has 1 fully saturated rings. The minimum Gasteiger partial charge on any atom is -0.318 e. The highest BCUT2D eigenvalue weighted by Gasteiger charge is 2.23. The number of rotatable bonds is 2. The Morgan fingerprint density at radius 3 is 2.88 bits per heavy atom. The number of hydrogen-bond donors (Lipinski definition) is 0. The van der Waals surface area contributed by atoms with Crippen molar-refractivity contribution in [3.63, 3.8) is 0 Å². The Morgan fingerprint density at radius 1 is 1.41 bits per heavy atom. The second kappa shape index (κ2) is 4.96. The van der Waals surface area contributed by atoms with Gasteiger partial charge in [-0.1, -0.05) is 0 Å². The van der Waals surface area contributed by atoms with Crippen LogP contribution in [-0.2, 0) is 9.05 Å². The van der Waals surface area contributed by atoms with Crippen LogP contribution in [0.1, 0.15) is 25.3 Å². The normalized spacial score (nSPS) is 23.5. The number of nitrogens with zero attached hydrogens (tertiary/aromatic N) is 3. The van der Waals surface area contributed by atoms with Crippen LogP contribution in [0.5, 0.6) is 0 Å². The highest BCUT2D eigenvalue weighted by atomic mass is 35.7. The van der Waals surface area contributed by atoms with Crippen molar-refractivity contribution in [2.75, 3.05) is 20.1 Å². The summed E-state index contributed by atoms with van der Waals surface area (Å²) in [5.41, 5.74) is 0. The molecule has 2 heterocycles. The van der Waals surface area contributed by atoms with Gasteiger partial charge in [-0.05, 0) is 39.4 Å². The molecule has 1 aromatic heterocycles. The van der Waals surface area contributed by atoms with Crippen LogP contribution in [0.4, 0.5) is 0 Å². The molecule has 0 aromatic carbocycles. The summed E-state index contributed by atoms with van der Waals surface area (Å²) in [6, 6.07) is 0.172. The summed E-state index contributed by atoms with van der Waals surface area (Å²) in [4.78, 5) is 6.15. The van der Waals surface area contributed by atoms with E-state index >= 15 is 0 Å². The first kappa shape index (κ1) is 12.9. The van der Waals surface area contributed by atoms with Crippen molar-refractivity contribution in [3.05, 3.63) is 12.5 Å². The van der Waals surface area contributed by atoms with Crippen LogP contribution in [0.15, 0.2) is 17.6 Å². The van der Waals surface area contributed by atoms with E-state index in [1.165, 1.54) is 6.20 Å². The molecule has 17 heavy (non-hydrogen) atoms. The minimum absolute atomic E-state index is 0.105. The van der Waals surface area contributed by atoms with Crippen LogP contribution in [-0.4, -0.2) is 43.0 Å². The van der Waals surface area contributed by atoms with Crippen LogP contribution < -0.4 is 0 Å². The van der Waals surface area contributed by atoms with Gasteiger partial charge in [-0.25, -0.2) is 13.4 Å². The van der Waals surface area contributed by atoms with Gasteiger partial charge in [0.05, 0.1) is 12.5 Å². The van der Waals surface area contributed by atoms with Crippen molar-refractivity contribution in [1.29, 1.82) is 0 Å². The van der Waals surface area contributed by atoms with Gasteiger partial charge in [0.25, 0.3) is 9.05 Å². The quantitative estimate of drug-likeness (QED) is 0.768. The molecular formula is C10H16ClN3O2S. The summed E-state index contributed by atoms with van der Waals surface area (Å²) in [7, 11) is 3.77. The number of aromatic nitrogens is 2. The molecule has 0 amide bonds.